The zero-order chi connectivity index (χ0) is 56.7. The summed E-state index contributed by atoms with van der Waals surface area (Å²) >= 11 is 0. The zero-order valence-electron chi connectivity index (χ0n) is 44.1. The summed E-state index contributed by atoms with van der Waals surface area (Å²) in [7, 11) is 0. The molecule has 418 valence electrons. The van der Waals surface area contributed by atoms with Crippen LogP contribution in [0.15, 0.2) is 60.9 Å². The summed E-state index contributed by atoms with van der Waals surface area (Å²) in [6, 6.07) is 2.82. The molecule has 4 aromatic rings. The second-order valence-corrected chi connectivity index (χ2v) is 20.4. The number of amides is 8. The van der Waals surface area contributed by atoms with Gasteiger partial charge in [0.25, 0.3) is 0 Å². The fourth-order valence-electron chi connectivity index (χ4n) is 9.14. The number of nitrogens with two attached hydrogens (primary N) is 1. The number of benzene rings is 2. The van der Waals surface area contributed by atoms with Crippen LogP contribution < -0.4 is 43.0 Å². The Labute approximate surface area is 445 Å². The summed E-state index contributed by atoms with van der Waals surface area (Å²) in [6.45, 7) is 9.12. The Bertz CT molecular complexity index is 2770. The molecule has 24 nitrogen and oxygen atoms in total. The number of aromatic amines is 2. The van der Waals surface area contributed by atoms with Gasteiger partial charge in [0.1, 0.15) is 48.3 Å². The molecule has 2 aromatic heterocycles. The van der Waals surface area contributed by atoms with Crippen molar-refractivity contribution < 1.29 is 63.3 Å². The minimum absolute atomic E-state index is 0.0297. The highest BCUT2D eigenvalue weighted by molar-refractivity contribution is 5.99. The van der Waals surface area contributed by atoms with Crippen molar-refractivity contribution in [3.8, 4) is 0 Å². The number of para-hydroxylation sites is 2. The summed E-state index contributed by atoms with van der Waals surface area (Å²) in [5, 5.41) is 48.8. The molecule has 9 atom stereocenters. The monoisotopic (exact) mass is 1070 g/mol. The molecule has 5 rings (SSSR count). The molecule has 0 aliphatic carbocycles. The molecule has 0 radical (unpaired) electrons. The first-order valence-electron chi connectivity index (χ1n) is 25.8. The topological polar surface area (TPSA) is 376 Å². The maximum atomic E-state index is 14.8. The molecule has 0 unspecified atom stereocenters. The van der Waals surface area contributed by atoms with Gasteiger partial charge in [0.05, 0.1) is 12.6 Å². The summed E-state index contributed by atoms with van der Waals surface area (Å²) in [5.41, 5.74) is 8.62. The molecule has 24 heteroatoms. The molecule has 14 N–H and O–H groups in total. The molecule has 1 aliphatic rings. The van der Waals surface area contributed by atoms with Crippen LogP contribution in [0.3, 0.4) is 0 Å². The predicted molar refractivity (Wildman–Crippen MR) is 282 cm³/mol. The molecule has 77 heavy (non-hydrogen) atoms. The Kier molecular flexibility index (Phi) is 21.7. The Balaban J connectivity index is 1.36. The highest BCUT2D eigenvalue weighted by atomic mass is 16.4. The number of carboxylic acids is 2. The number of nitrogens with one attached hydrogen (secondary N) is 9. The van der Waals surface area contributed by atoms with E-state index in [0.29, 0.717) is 17.5 Å². The van der Waals surface area contributed by atoms with Crippen molar-refractivity contribution in [2.75, 3.05) is 13.2 Å². The van der Waals surface area contributed by atoms with E-state index in [1.54, 1.807) is 32.3 Å². The number of rotatable bonds is 28. The third-order valence-electron chi connectivity index (χ3n) is 13.2. The molecular weight excluding hydrogens is 999 g/mol. The van der Waals surface area contributed by atoms with Gasteiger partial charge in [-0.2, -0.15) is 0 Å². The molecule has 1 aliphatic heterocycles. The Hall–Kier alpha value is -7.86. The van der Waals surface area contributed by atoms with Crippen LogP contribution in [0.5, 0.6) is 0 Å². The molecule has 0 spiro atoms. The quantitative estimate of drug-likeness (QED) is 0.0362. The first-order valence-corrected chi connectivity index (χ1v) is 25.8. The number of aromatic nitrogens is 2. The Morgan fingerprint density at radius 2 is 1.08 bits per heavy atom. The molecular formula is C53H73N11O13. The van der Waals surface area contributed by atoms with Crippen LogP contribution in [-0.4, -0.2) is 157 Å². The van der Waals surface area contributed by atoms with E-state index in [1.807, 2.05) is 56.3 Å². The average molecular weight is 1070 g/mol. The van der Waals surface area contributed by atoms with Gasteiger partial charge in [0.2, 0.25) is 47.3 Å². The van der Waals surface area contributed by atoms with E-state index in [4.69, 9.17) is 5.73 Å². The zero-order valence-corrected chi connectivity index (χ0v) is 44.1. The number of aliphatic carboxylic acids is 2. The molecule has 8 amide bonds. The van der Waals surface area contributed by atoms with Crippen molar-refractivity contribution in [2.45, 2.75) is 147 Å². The summed E-state index contributed by atoms with van der Waals surface area (Å²) < 4.78 is 0. The summed E-state index contributed by atoms with van der Waals surface area (Å²) in [5.74, 6) is -9.28. The van der Waals surface area contributed by atoms with Gasteiger partial charge in [-0.3, -0.25) is 43.2 Å². The highest BCUT2D eigenvalue weighted by Gasteiger charge is 2.40. The molecule has 1 saturated heterocycles. The van der Waals surface area contributed by atoms with Crippen molar-refractivity contribution in [2.24, 2.45) is 17.6 Å². The van der Waals surface area contributed by atoms with E-state index >= 15 is 0 Å². The van der Waals surface area contributed by atoms with Gasteiger partial charge in [-0.05, 0) is 81.0 Å². The van der Waals surface area contributed by atoms with E-state index in [2.05, 4.69) is 47.2 Å². The Morgan fingerprint density at radius 3 is 1.62 bits per heavy atom. The predicted octanol–water partition coefficient (Wildman–Crippen LogP) is 0.220. The summed E-state index contributed by atoms with van der Waals surface area (Å²) in [4.78, 5) is 142. The van der Waals surface area contributed by atoms with Gasteiger partial charge in [0.15, 0.2) is 0 Å². The number of aliphatic hydroxyl groups excluding tert-OH is 1. The lowest BCUT2D eigenvalue weighted by Gasteiger charge is -2.30. The van der Waals surface area contributed by atoms with Gasteiger partial charge in [0, 0.05) is 60.0 Å². The second-order valence-electron chi connectivity index (χ2n) is 20.4. The number of fused-ring (bicyclic) bond motifs is 2. The van der Waals surface area contributed by atoms with Crippen molar-refractivity contribution in [1.29, 1.82) is 0 Å². The van der Waals surface area contributed by atoms with E-state index in [0.717, 1.165) is 21.8 Å². The highest BCUT2D eigenvalue weighted by Crippen LogP contribution is 2.24. The van der Waals surface area contributed by atoms with Crippen molar-refractivity contribution in [3.05, 3.63) is 72.1 Å². The minimum atomic E-state index is -1.71. The van der Waals surface area contributed by atoms with Crippen LogP contribution in [-0.2, 0) is 60.8 Å². The first kappa shape index (κ1) is 60.0. The fraction of sp³-hybridized carbons (Fsp3) is 0.509. The first-order chi connectivity index (χ1) is 36.5. The number of nitrogens with zero attached hydrogens (tertiary/aromatic N) is 1. The maximum absolute atomic E-state index is 14.8. The summed E-state index contributed by atoms with van der Waals surface area (Å²) in [6.07, 6.45) is 2.87. The number of carbonyl (C=O) groups excluding carboxylic acids is 8. The molecule has 0 saturated carbocycles. The van der Waals surface area contributed by atoms with E-state index < -0.39 is 133 Å². The molecule has 0 bridgehead atoms. The smallest absolute Gasteiger partial charge is 0.326 e. The van der Waals surface area contributed by atoms with Crippen LogP contribution in [0.1, 0.15) is 91.2 Å². The van der Waals surface area contributed by atoms with E-state index in [-0.39, 0.29) is 50.5 Å². The number of hydrogen-bond donors (Lipinski definition) is 13. The SMILES string of the molecule is CC(C)C[C@H](NC(=O)[C@H](CCC(=O)O)NC(=O)[C@H](CO)NC(=O)[C@@H]1CCCN1C(=O)[C@H](Cc1c[nH]c2ccccc12)NC(=O)[C@H](C)NC(=O)[C@H](Cc1c[nH]c2ccccc12)NC(=O)[C@H](CC(C)C)NC(=O)[C@H](C)N)C(=O)O. The van der Waals surface area contributed by atoms with Gasteiger partial charge >= 0.3 is 11.9 Å². The van der Waals surface area contributed by atoms with Gasteiger partial charge < -0.3 is 73.1 Å². The third-order valence-corrected chi connectivity index (χ3v) is 13.2. The van der Waals surface area contributed by atoms with Crippen LogP contribution in [0.25, 0.3) is 21.8 Å². The molecule has 1 fully saturated rings. The largest absolute Gasteiger partial charge is 0.481 e. The number of aliphatic hydroxyl groups is 1. The van der Waals surface area contributed by atoms with E-state index in [9.17, 15) is 63.3 Å². The minimum Gasteiger partial charge on any atom is -0.481 e. The van der Waals surface area contributed by atoms with E-state index in [1.165, 1.54) is 18.7 Å². The lowest BCUT2D eigenvalue weighted by molar-refractivity contribution is -0.143. The molecule has 3 heterocycles. The number of hydrogen-bond acceptors (Lipinski definition) is 12. The van der Waals surface area contributed by atoms with Crippen LogP contribution in [0.4, 0.5) is 0 Å². The molecule has 2 aromatic carbocycles. The van der Waals surface area contributed by atoms with Crippen LogP contribution in [0.2, 0.25) is 0 Å². The van der Waals surface area contributed by atoms with Crippen molar-refractivity contribution >= 4 is 81.0 Å². The lowest BCUT2D eigenvalue weighted by atomic mass is 10.00. The van der Waals surface area contributed by atoms with Crippen LogP contribution >= 0.6 is 0 Å². The van der Waals surface area contributed by atoms with Crippen LogP contribution in [0, 0.1) is 11.8 Å². The number of carbonyl (C=O) groups is 10. The fourth-order valence-corrected chi connectivity index (χ4v) is 9.14. The maximum Gasteiger partial charge on any atom is 0.326 e. The lowest BCUT2D eigenvalue weighted by Crippen LogP contribution is -2.60. The van der Waals surface area contributed by atoms with Crippen molar-refractivity contribution in [3.63, 3.8) is 0 Å². The van der Waals surface area contributed by atoms with Gasteiger partial charge in [-0.1, -0.05) is 64.1 Å². The Morgan fingerprint density at radius 1 is 0.597 bits per heavy atom. The number of carboxylic acid groups (broad SMARTS) is 2. The number of likely N-dealkylation sites (tertiary alicyclic amines) is 1. The van der Waals surface area contributed by atoms with Crippen molar-refractivity contribution in [1.82, 2.24) is 52.1 Å². The normalized spacial score (nSPS) is 16.5. The average Bonchev–Trinajstić information content (AvgIpc) is 4.15. The standard InChI is InChI=1S/C53H73N11O13/c1-27(2)20-38(59-45(68)29(5)54)49(72)60-39(22-31-24-55-35-14-9-7-12-33(31)35)48(71)57-30(6)46(69)61-40(23-32-25-56-36-15-10-8-13-34(32)36)52(75)64-19-11-16-43(64)51(74)63-42(26-65)50(73)58-37(17-18-44(66)67)47(70)62-41(53(76)77)21-28(3)4/h7-10,12-15,24-25,27-30,37-43,55-56,65H,11,16-23,26,54H2,1-6H3,(H,57,71)(H,58,73)(H,59,68)(H,60,72)(H,61,69)(H,62,70)(H,63,74)(H,66,67)(H,76,77)/t29-,30-,37-,38-,39-,40-,41-,42-,43-/m0/s1. The van der Waals surface area contributed by atoms with Gasteiger partial charge in [-0.25, -0.2) is 4.79 Å². The third kappa shape index (κ3) is 16.8. The number of H-pyrrole nitrogens is 2. The van der Waals surface area contributed by atoms with Gasteiger partial charge in [-0.15, -0.1) is 0 Å². The second kappa shape index (κ2) is 27.8.